The van der Waals surface area contributed by atoms with Crippen molar-refractivity contribution in [2.24, 2.45) is 0 Å². The average molecular weight is 185 g/mol. The highest BCUT2D eigenvalue weighted by molar-refractivity contribution is 5.86. The van der Waals surface area contributed by atoms with E-state index in [1.165, 1.54) is 6.08 Å². The summed E-state index contributed by atoms with van der Waals surface area (Å²) in [5.41, 5.74) is -0.327. The third-order valence-corrected chi connectivity index (χ3v) is 1.43. The smallest absolute Gasteiger partial charge is 0.243 e. The zero-order valence-electron chi connectivity index (χ0n) is 8.89. The number of rotatable bonds is 5. The Morgan fingerprint density at radius 1 is 1.62 bits per heavy atom. The number of carbonyl (C=O) groups is 1. The molecule has 0 aliphatic heterocycles. The molecular weight excluding hydrogens is 166 g/mol. The molecule has 0 saturated heterocycles. The van der Waals surface area contributed by atoms with Crippen molar-refractivity contribution in [1.82, 2.24) is 5.32 Å². The molecule has 0 radical (unpaired) electrons. The second kappa shape index (κ2) is 5.02. The molecule has 76 valence electrons. The zero-order valence-corrected chi connectivity index (χ0v) is 8.89. The number of nitrogens with one attached hydrogen (secondary N) is 1. The first kappa shape index (κ1) is 12.2. The van der Waals surface area contributed by atoms with Gasteiger partial charge in [0.15, 0.2) is 0 Å². The Hall–Kier alpha value is -0.830. The zero-order chi connectivity index (χ0) is 10.5. The third-order valence-electron chi connectivity index (χ3n) is 1.43. The SMILES string of the molecule is C=CC(=O)NCC(C)(C)OC(C)C. The van der Waals surface area contributed by atoms with E-state index in [2.05, 4.69) is 11.9 Å². The van der Waals surface area contributed by atoms with Crippen LogP contribution in [0.5, 0.6) is 0 Å². The van der Waals surface area contributed by atoms with Gasteiger partial charge in [0.25, 0.3) is 0 Å². The fourth-order valence-electron chi connectivity index (χ4n) is 1.05. The third kappa shape index (κ3) is 6.34. The van der Waals surface area contributed by atoms with Crippen molar-refractivity contribution < 1.29 is 9.53 Å². The van der Waals surface area contributed by atoms with Crippen molar-refractivity contribution in [3.63, 3.8) is 0 Å². The van der Waals surface area contributed by atoms with E-state index in [-0.39, 0.29) is 17.6 Å². The van der Waals surface area contributed by atoms with Crippen LogP contribution in [0.15, 0.2) is 12.7 Å². The van der Waals surface area contributed by atoms with Crippen LogP contribution in [0.4, 0.5) is 0 Å². The normalized spacial score (nSPS) is 11.5. The number of hydrogen-bond donors (Lipinski definition) is 1. The van der Waals surface area contributed by atoms with Crippen LogP contribution >= 0.6 is 0 Å². The molecule has 0 spiro atoms. The summed E-state index contributed by atoms with van der Waals surface area (Å²) in [4.78, 5) is 10.9. The van der Waals surface area contributed by atoms with E-state index in [4.69, 9.17) is 4.74 Å². The Kier molecular flexibility index (Phi) is 4.70. The summed E-state index contributed by atoms with van der Waals surface area (Å²) in [6.07, 6.45) is 1.42. The van der Waals surface area contributed by atoms with Gasteiger partial charge in [-0.1, -0.05) is 6.58 Å². The first-order valence-corrected chi connectivity index (χ1v) is 4.45. The fourth-order valence-corrected chi connectivity index (χ4v) is 1.05. The standard InChI is InChI=1S/C10H19NO2/c1-6-9(12)11-7-10(4,5)13-8(2)3/h6,8H,1,7H2,2-5H3,(H,11,12). The molecule has 0 rings (SSSR count). The predicted octanol–water partition coefficient (Wildman–Crippen LogP) is 1.49. The maximum atomic E-state index is 10.9. The minimum Gasteiger partial charge on any atom is -0.371 e. The van der Waals surface area contributed by atoms with Crippen LogP contribution in [0.3, 0.4) is 0 Å². The van der Waals surface area contributed by atoms with Crippen molar-refractivity contribution in [2.75, 3.05) is 6.54 Å². The fraction of sp³-hybridized carbons (Fsp3) is 0.700. The van der Waals surface area contributed by atoms with Crippen LogP contribution in [-0.2, 0) is 9.53 Å². The lowest BCUT2D eigenvalue weighted by atomic mass is 10.1. The summed E-state index contributed by atoms with van der Waals surface area (Å²) in [5, 5.41) is 2.70. The molecule has 1 amide bonds. The molecular formula is C10H19NO2. The molecule has 1 N–H and O–H groups in total. The Morgan fingerprint density at radius 3 is 2.54 bits per heavy atom. The number of carbonyl (C=O) groups excluding carboxylic acids is 1. The molecule has 0 saturated carbocycles. The first-order chi connectivity index (χ1) is 5.87. The van der Waals surface area contributed by atoms with Gasteiger partial charge in [0.1, 0.15) is 0 Å². The summed E-state index contributed by atoms with van der Waals surface area (Å²) in [7, 11) is 0. The van der Waals surface area contributed by atoms with Gasteiger partial charge in [0.2, 0.25) is 5.91 Å². The lowest BCUT2D eigenvalue weighted by Gasteiger charge is -2.27. The summed E-state index contributed by atoms with van der Waals surface area (Å²) >= 11 is 0. The van der Waals surface area contributed by atoms with Gasteiger partial charge in [-0.3, -0.25) is 4.79 Å². The number of amides is 1. The van der Waals surface area contributed by atoms with E-state index < -0.39 is 0 Å². The van der Waals surface area contributed by atoms with Gasteiger partial charge in [0, 0.05) is 6.54 Å². The Labute approximate surface area is 80.2 Å². The van der Waals surface area contributed by atoms with Gasteiger partial charge in [-0.05, 0) is 33.8 Å². The summed E-state index contributed by atoms with van der Waals surface area (Å²) in [6.45, 7) is 11.7. The predicted molar refractivity (Wildman–Crippen MR) is 53.5 cm³/mol. The van der Waals surface area contributed by atoms with Gasteiger partial charge in [-0.2, -0.15) is 0 Å². The van der Waals surface area contributed by atoms with Crippen LogP contribution in [0.25, 0.3) is 0 Å². The van der Waals surface area contributed by atoms with Crippen LogP contribution in [-0.4, -0.2) is 24.2 Å². The second-order valence-corrected chi connectivity index (χ2v) is 3.85. The van der Waals surface area contributed by atoms with Crippen molar-refractivity contribution in [1.29, 1.82) is 0 Å². The van der Waals surface area contributed by atoms with Crippen LogP contribution in [0.2, 0.25) is 0 Å². The van der Waals surface area contributed by atoms with Crippen molar-refractivity contribution in [3.8, 4) is 0 Å². The molecule has 0 unspecified atom stereocenters. The maximum Gasteiger partial charge on any atom is 0.243 e. The molecule has 0 aromatic heterocycles. The maximum absolute atomic E-state index is 10.9. The molecule has 0 aromatic carbocycles. The Bertz CT molecular complexity index is 185. The summed E-state index contributed by atoms with van der Waals surface area (Å²) in [5.74, 6) is -0.166. The van der Waals surface area contributed by atoms with Crippen molar-refractivity contribution >= 4 is 5.91 Å². The molecule has 0 atom stereocenters. The summed E-state index contributed by atoms with van der Waals surface area (Å²) < 4.78 is 5.58. The molecule has 0 aliphatic rings. The lowest BCUT2D eigenvalue weighted by Crippen LogP contribution is -2.41. The van der Waals surface area contributed by atoms with Gasteiger partial charge in [-0.25, -0.2) is 0 Å². The van der Waals surface area contributed by atoms with Gasteiger partial charge in [-0.15, -0.1) is 0 Å². The van der Waals surface area contributed by atoms with Gasteiger partial charge in [0.05, 0.1) is 11.7 Å². The van der Waals surface area contributed by atoms with E-state index in [0.717, 1.165) is 0 Å². The topological polar surface area (TPSA) is 38.3 Å². The van der Waals surface area contributed by atoms with Gasteiger partial charge >= 0.3 is 0 Å². The number of ether oxygens (including phenoxy) is 1. The molecule has 0 fully saturated rings. The first-order valence-electron chi connectivity index (χ1n) is 4.45. The minimum absolute atomic E-state index is 0.163. The molecule has 0 heterocycles. The molecule has 0 aromatic rings. The molecule has 3 nitrogen and oxygen atoms in total. The Balaban J connectivity index is 3.88. The monoisotopic (exact) mass is 185 g/mol. The van der Waals surface area contributed by atoms with Crippen LogP contribution in [0.1, 0.15) is 27.7 Å². The molecule has 0 bridgehead atoms. The average Bonchev–Trinajstić information content (AvgIpc) is 1.98. The van der Waals surface area contributed by atoms with E-state index >= 15 is 0 Å². The summed E-state index contributed by atoms with van der Waals surface area (Å²) in [6, 6.07) is 0. The molecule has 13 heavy (non-hydrogen) atoms. The lowest BCUT2D eigenvalue weighted by molar-refractivity contribution is -0.119. The highest BCUT2D eigenvalue weighted by atomic mass is 16.5. The molecule has 3 heteroatoms. The van der Waals surface area contributed by atoms with Crippen LogP contribution in [0, 0.1) is 0 Å². The van der Waals surface area contributed by atoms with E-state index in [9.17, 15) is 4.79 Å². The van der Waals surface area contributed by atoms with Crippen molar-refractivity contribution in [3.05, 3.63) is 12.7 Å². The van der Waals surface area contributed by atoms with Gasteiger partial charge < -0.3 is 10.1 Å². The van der Waals surface area contributed by atoms with E-state index in [0.29, 0.717) is 6.54 Å². The van der Waals surface area contributed by atoms with Crippen LogP contribution < -0.4 is 5.32 Å². The largest absolute Gasteiger partial charge is 0.371 e. The minimum atomic E-state index is -0.327. The quantitative estimate of drug-likeness (QED) is 0.659. The molecule has 0 aliphatic carbocycles. The Morgan fingerprint density at radius 2 is 2.15 bits per heavy atom. The second-order valence-electron chi connectivity index (χ2n) is 3.85. The van der Waals surface area contributed by atoms with Crippen molar-refractivity contribution in [2.45, 2.75) is 39.4 Å². The highest BCUT2D eigenvalue weighted by Gasteiger charge is 2.20. The van der Waals surface area contributed by atoms with E-state index in [1.807, 2.05) is 27.7 Å². The number of hydrogen-bond acceptors (Lipinski definition) is 2. The van der Waals surface area contributed by atoms with E-state index in [1.54, 1.807) is 0 Å². The highest BCUT2D eigenvalue weighted by Crippen LogP contribution is 2.10.